The molecule has 0 radical (unpaired) electrons. The minimum atomic E-state index is -0.472. The van der Waals surface area contributed by atoms with Gasteiger partial charge in [-0.15, -0.1) is 11.3 Å². The minimum absolute atomic E-state index is 0.109. The number of aromatic nitrogens is 2. The molecule has 1 aromatic carbocycles. The molecule has 0 bridgehead atoms. The van der Waals surface area contributed by atoms with E-state index in [1.165, 1.54) is 42.0 Å². The van der Waals surface area contributed by atoms with Crippen LogP contribution in [0.3, 0.4) is 0 Å². The molecule has 0 unspecified atom stereocenters. The van der Waals surface area contributed by atoms with Gasteiger partial charge in [0.1, 0.15) is 5.82 Å². The summed E-state index contributed by atoms with van der Waals surface area (Å²) in [5.41, 5.74) is 1.88. The predicted octanol–water partition coefficient (Wildman–Crippen LogP) is 4.44. The van der Waals surface area contributed by atoms with E-state index < -0.39 is 4.92 Å². The number of benzene rings is 1. The highest BCUT2D eigenvalue weighted by molar-refractivity contribution is 8.01. The van der Waals surface area contributed by atoms with Crippen LogP contribution in [0.4, 0.5) is 11.5 Å². The highest BCUT2D eigenvalue weighted by atomic mass is 32.2. The second-order valence-corrected chi connectivity index (χ2v) is 9.35. The van der Waals surface area contributed by atoms with Crippen molar-refractivity contribution in [2.45, 2.75) is 35.5 Å². The maximum absolute atomic E-state index is 12.6. The number of rotatable bonds is 7. The number of aryl methyl sites for hydroxylation is 1. The zero-order valence-electron chi connectivity index (χ0n) is 16.9. The number of nitro benzene ring substituents is 1. The number of pyridine rings is 1. The van der Waals surface area contributed by atoms with E-state index in [0.29, 0.717) is 11.4 Å². The van der Waals surface area contributed by atoms with Crippen molar-refractivity contribution in [3.05, 3.63) is 68.8 Å². The van der Waals surface area contributed by atoms with Gasteiger partial charge in [-0.05, 0) is 43.5 Å². The standard InChI is InChI=1S/C21H21N5O3S2/c1-14-13-30-21(24-14)31-18-6-5-16(10-17(18)26(28)29)20(27)23-12-15-4-7-19(22-11-15)25-8-2-3-9-25/h4-7,10-11,13H,2-3,8-9,12H2,1H3,(H,23,27). The monoisotopic (exact) mass is 455 g/mol. The molecule has 1 N–H and O–H groups in total. The molecule has 1 amide bonds. The summed E-state index contributed by atoms with van der Waals surface area (Å²) >= 11 is 2.66. The molecule has 0 saturated carbocycles. The number of hydrogen-bond acceptors (Lipinski definition) is 8. The van der Waals surface area contributed by atoms with Crippen molar-refractivity contribution in [1.29, 1.82) is 0 Å². The van der Waals surface area contributed by atoms with Gasteiger partial charge in [-0.1, -0.05) is 17.8 Å². The largest absolute Gasteiger partial charge is 0.357 e. The molecular formula is C21H21N5O3S2. The molecular weight excluding hydrogens is 434 g/mol. The van der Waals surface area contributed by atoms with Crippen LogP contribution in [-0.2, 0) is 6.54 Å². The molecule has 0 spiro atoms. The lowest BCUT2D eigenvalue weighted by molar-refractivity contribution is -0.387. The first-order valence-corrected chi connectivity index (χ1v) is 11.6. The van der Waals surface area contributed by atoms with Crippen LogP contribution in [0.1, 0.15) is 34.5 Å². The first kappa shape index (κ1) is 21.3. The zero-order chi connectivity index (χ0) is 21.8. The molecule has 1 aliphatic rings. The van der Waals surface area contributed by atoms with Gasteiger partial charge >= 0.3 is 0 Å². The van der Waals surface area contributed by atoms with Gasteiger partial charge in [0.15, 0.2) is 4.34 Å². The van der Waals surface area contributed by atoms with Crippen molar-refractivity contribution in [3.8, 4) is 0 Å². The lowest BCUT2D eigenvalue weighted by Gasteiger charge is -2.16. The second kappa shape index (κ2) is 9.44. The Labute approximate surface area is 187 Å². The van der Waals surface area contributed by atoms with E-state index in [1.807, 2.05) is 24.4 Å². The Hall–Kier alpha value is -2.98. The Morgan fingerprint density at radius 3 is 2.74 bits per heavy atom. The van der Waals surface area contributed by atoms with Gasteiger partial charge in [0.2, 0.25) is 0 Å². The molecule has 0 aliphatic carbocycles. The predicted molar refractivity (Wildman–Crippen MR) is 121 cm³/mol. The number of anilines is 1. The van der Waals surface area contributed by atoms with E-state index in [2.05, 4.69) is 20.2 Å². The molecule has 1 fully saturated rings. The maximum atomic E-state index is 12.6. The van der Waals surface area contributed by atoms with Crippen molar-refractivity contribution in [2.75, 3.05) is 18.0 Å². The van der Waals surface area contributed by atoms with E-state index >= 15 is 0 Å². The Morgan fingerprint density at radius 2 is 2.10 bits per heavy atom. The molecule has 0 atom stereocenters. The first-order chi connectivity index (χ1) is 15.0. The highest BCUT2D eigenvalue weighted by Gasteiger charge is 2.20. The number of nitrogens with zero attached hydrogens (tertiary/aromatic N) is 4. The van der Waals surface area contributed by atoms with Gasteiger partial charge in [-0.25, -0.2) is 9.97 Å². The first-order valence-electron chi connectivity index (χ1n) is 9.86. The van der Waals surface area contributed by atoms with Crippen LogP contribution in [0, 0.1) is 17.0 Å². The molecule has 160 valence electrons. The number of nitro groups is 1. The van der Waals surface area contributed by atoms with Gasteiger partial charge in [0.25, 0.3) is 11.6 Å². The summed E-state index contributed by atoms with van der Waals surface area (Å²) in [6, 6.07) is 8.41. The Kier molecular flexibility index (Phi) is 6.47. The summed E-state index contributed by atoms with van der Waals surface area (Å²) in [6.07, 6.45) is 4.13. The van der Waals surface area contributed by atoms with Crippen LogP contribution in [-0.4, -0.2) is 33.9 Å². The average Bonchev–Trinajstić information content (AvgIpc) is 3.44. The van der Waals surface area contributed by atoms with Crippen molar-refractivity contribution < 1.29 is 9.72 Å². The lowest BCUT2D eigenvalue weighted by atomic mass is 10.2. The fourth-order valence-corrected chi connectivity index (χ4v) is 5.18. The Morgan fingerprint density at radius 1 is 1.29 bits per heavy atom. The van der Waals surface area contributed by atoms with Crippen molar-refractivity contribution in [3.63, 3.8) is 0 Å². The third-order valence-corrected chi connectivity index (χ3v) is 7.03. The Balaban J connectivity index is 1.41. The SMILES string of the molecule is Cc1csc(Sc2ccc(C(=O)NCc3ccc(N4CCCC4)nc3)cc2[N+](=O)[O-])n1. The van der Waals surface area contributed by atoms with E-state index in [0.717, 1.165) is 34.5 Å². The summed E-state index contributed by atoms with van der Waals surface area (Å²) < 4.78 is 0.725. The van der Waals surface area contributed by atoms with Gasteiger partial charge < -0.3 is 10.2 Å². The van der Waals surface area contributed by atoms with Gasteiger partial charge in [-0.2, -0.15) is 0 Å². The van der Waals surface area contributed by atoms with Crippen LogP contribution in [0.2, 0.25) is 0 Å². The second-order valence-electron chi connectivity index (χ2n) is 7.20. The number of thiazole rings is 1. The zero-order valence-corrected chi connectivity index (χ0v) is 18.5. The lowest BCUT2D eigenvalue weighted by Crippen LogP contribution is -2.23. The van der Waals surface area contributed by atoms with Crippen LogP contribution in [0.5, 0.6) is 0 Å². The molecule has 10 heteroatoms. The van der Waals surface area contributed by atoms with Crippen molar-refractivity contribution in [2.24, 2.45) is 0 Å². The summed E-state index contributed by atoms with van der Waals surface area (Å²) in [7, 11) is 0. The third kappa shape index (κ3) is 5.20. The normalized spacial score (nSPS) is 13.4. The smallest absolute Gasteiger partial charge is 0.284 e. The van der Waals surface area contributed by atoms with Gasteiger partial charge in [-0.3, -0.25) is 14.9 Å². The highest BCUT2D eigenvalue weighted by Crippen LogP contribution is 2.36. The Bertz CT molecular complexity index is 1090. The summed E-state index contributed by atoms with van der Waals surface area (Å²) in [6.45, 7) is 4.23. The van der Waals surface area contributed by atoms with E-state index in [4.69, 9.17) is 0 Å². The summed E-state index contributed by atoms with van der Waals surface area (Å²) in [5.74, 6) is 0.583. The summed E-state index contributed by atoms with van der Waals surface area (Å²) in [4.78, 5) is 35.1. The fraction of sp³-hybridized carbons (Fsp3) is 0.286. The number of nitrogens with one attached hydrogen (secondary N) is 1. The van der Waals surface area contributed by atoms with Crippen LogP contribution < -0.4 is 10.2 Å². The van der Waals surface area contributed by atoms with Crippen LogP contribution >= 0.6 is 23.1 Å². The number of hydrogen-bond donors (Lipinski definition) is 1. The molecule has 31 heavy (non-hydrogen) atoms. The number of carbonyl (C=O) groups is 1. The molecule has 4 rings (SSSR count). The van der Waals surface area contributed by atoms with Crippen LogP contribution in [0.15, 0.2) is 51.1 Å². The quantitative estimate of drug-likeness (QED) is 0.415. The van der Waals surface area contributed by atoms with E-state index in [-0.39, 0.29) is 17.2 Å². The van der Waals surface area contributed by atoms with E-state index in [1.54, 1.807) is 18.3 Å². The van der Waals surface area contributed by atoms with Crippen LogP contribution in [0.25, 0.3) is 0 Å². The molecule has 8 nitrogen and oxygen atoms in total. The molecule has 2 aromatic heterocycles. The average molecular weight is 456 g/mol. The van der Waals surface area contributed by atoms with Crippen molar-refractivity contribution >= 4 is 40.5 Å². The molecule has 1 saturated heterocycles. The van der Waals surface area contributed by atoms with Crippen molar-refractivity contribution in [1.82, 2.24) is 15.3 Å². The third-order valence-electron chi connectivity index (χ3n) is 4.91. The summed E-state index contributed by atoms with van der Waals surface area (Å²) in [5, 5.41) is 16.2. The maximum Gasteiger partial charge on any atom is 0.284 e. The van der Waals surface area contributed by atoms with Gasteiger partial charge in [0, 0.05) is 48.5 Å². The van der Waals surface area contributed by atoms with E-state index in [9.17, 15) is 14.9 Å². The molecule has 3 heterocycles. The number of amides is 1. The molecule has 3 aromatic rings. The number of carbonyl (C=O) groups excluding carboxylic acids is 1. The minimum Gasteiger partial charge on any atom is -0.357 e. The van der Waals surface area contributed by atoms with Gasteiger partial charge in [0.05, 0.1) is 9.82 Å². The topological polar surface area (TPSA) is 101 Å². The molecule has 1 aliphatic heterocycles. The fourth-order valence-electron chi connectivity index (χ4n) is 3.30.